The Hall–Kier alpha value is -2.08. The van der Waals surface area contributed by atoms with Gasteiger partial charge in [-0.15, -0.1) is 0 Å². The first kappa shape index (κ1) is 10.1. The highest BCUT2D eigenvalue weighted by atomic mass is 16.1. The third kappa shape index (κ3) is 1.24. The normalized spacial score (nSPS) is 17.8. The molecule has 3 rings (SSSR count). The first-order chi connectivity index (χ1) is 8.16. The quantitative estimate of drug-likeness (QED) is 0.746. The van der Waals surface area contributed by atoms with E-state index >= 15 is 0 Å². The van der Waals surface area contributed by atoms with Gasteiger partial charge in [0.1, 0.15) is 5.78 Å². The summed E-state index contributed by atoms with van der Waals surface area (Å²) in [5.74, 6) is 0.178. The van der Waals surface area contributed by atoms with Crippen LogP contribution >= 0.6 is 0 Å². The lowest BCUT2D eigenvalue weighted by Crippen LogP contribution is -2.40. The number of ketones is 1. The summed E-state index contributed by atoms with van der Waals surface area (Å²) >= 11 is 0. The minimum atomic E-state index is -0.595. The molecule has 0 aliphatic heterocycles. The smallest absolute Gasteiger partial charge is 0.136 e. The van der Waals surface area contributed by atoms with E-state index in [-0.39, 0.29) is 5.78 Å². The van der Waals surface area contributed by atoms with Crippen LogP contribution in [-0.2, 0) is 17.3 Å². The predicted octanol–water partition coefficient (Wildman–Crippen LogP) is 2.30. The molecule has 84 valence electrons. The molecule has 1 saturated carbocycles. The van der Waals surface area contributed by atoms with Crippen LogP contribution in [0.4, 0.5) is 0 Å². The summed E-state index contributed by atoms with van der Waals surface area (Å²) in [7, 11) is 1.97. The van der Waals surface area contributed by atoms with Gasteiger partial charge in [0.05, 0.1) is 17.0 Å². The van der Waals surface area contributed by atoms with Crippen molar-refractivity contribution in [1.29, 1.82) is 5.26 Å². The maximum Gasteiger partial charge on any atom is 0.136 e. The maximum atomic E-state index is 11.2. The van der Waals surface area contributed by atoms with E-state index in [0.717, 1.165) is 16.5 Å². The Morgan fingerprint density at radius 3 is 2.76 bits per heavy atom. The van der Waals surface area contributed by atoms with Crippen molar-refractivity contribution < 1.29 is 4.79 Å². The molecule has 1 heterocycles. The minimum Gasteiger partial charge on any atom is -0.350 e. The van der Waals surface area contributed by atoms with Gasteiger partial charge in [-0.1, -0.05) is 18.2 Å². The van der Waals surface area contributed by atoms with Gasteiger partial charge in [-0.2, -0.15) is 5.26 Å². The van der Waals surface area contributed by atoms with Crippen LogP contribution in [0.5, 0.6) is 0 Å². The number of nitriles is 1. The van der Waals surface area contributed by atoms with E-state index in [2.05, 4.69) is 6.07 Å². The second-order valence-electron chi connectivity index (χ2n) is 4.76. The lowest BCUT2D eigenvalue weighted by Gasteiger charge is -2.34. The largest absolute Gasteiger partial charge is 0.350 e. The average Bonchev–Trinajstić information content (AvgIpc) is 2.67. The molecule has 0 amide bonds. The number of para-hydroxylation sites is 1. The van der Waals surface area contributed by atoms with E-state index < -0.39 is 5.41 Å². The molecule has 1 aromatic heterocycles. The van der Waals surface area contributed by atoms with Crippen LogP contribution in [0, 0.1) is 11.3 Å². The monoisotopic (exact) mass is 224 g/mol. The fourth-order valence-corrected chi connectivity index (χ4v) is 2.69. The molecule has 0 unspecified atom stereocenters. The first-order valence-corrected chi connectivity index (χ1v) is 5.64. The summed E-state index contributed by atoms with van der Waals surface area (Å²) in [5, 5.41) is 10.5. The van der Waals surface area contributed by atoms with Crippen molar-refractivity contribution >= 4 is 16.7 Å². The van der Waals surface area contributed by atoms with Gasteiger partial charge in [0.2, 0.25) is 0 Å². The summed E-state index contributed by atoms with van der Waals surface area (Å²) in [6, 6.07) is 10.3. The fourth-order valence-electron chi connectivity index (χ4n) is 2.69. The number of aromatic nitrogens is 1. The van der Waals surface area contributed by atoms with Crippen molar-refractivity contribution in [2.45, 2.75) is 18.3 Å². The molecule has 3 heteroatoms. The Bertz CT molecular complexity index is 652. The van der Waals surface area contributed by atoms with Gasteiger partial charge in [-0.25, -0.2) is 0 Å². The van der Waals surface area contributed by atoms with Crippen LogP contribution in [0.3, 0.4) is 0 Å². The van der Waals surface area contributed by atoms with Crippen molar-refractivity contribution in [3.8, 4) is 6.07 Å². The van der Waals surface area contributed by atoms with Gasteiger partial charge in [0, 0.05) is 26.1 Å². The molecule has 0 bridgehead atoms. The fraction of sp³-hybridized carbons (Fsp3) is 0.286. The molecule has 2 aromatic rings. The molecule has 17 heavy (non-hydrogen) atoms. The Balaban J connectivity index is 2.28. The van der Waals surface area contributed by atoms with E-state index in [1.165, 1.54) is 0 Å². The molecule has 0 radical (unpaired) electrons. The Kier molecular flexibility index (Phi) is 1.90. The second kappa shape index (κ2) is 3.21. The van der Waals surface area contributed by atoms with E-state index in [1.54, 1.807) is 0 Å². The van der Waals surface area contributed by atoms with Crippen LogP contribution in [0.1, 0.15) is 18.4 Å². The van der Waals surface area contributed by atoms with Crippen molar-refractivity contribution in [3.63, 3.8) is 0 Å². The number of Topliss-reactive ketones (excluding diaryl/α,β-unsaturated/α-hetero) is 1. The molecule has 1 aromatic carbocycles. The zero-order valence-corrected chi connectivity index (χ0v) is 9.60. The van der Waals surface area contributed by atoms with Gasteiger partial charge < -0.3 is 4.57 Å². The predicted molar refractivity (Wildman–Crippen MR) is 64.5 cm³/mol. The van der Waals surface area contributed by atoms with Crippen molar-refractivity contribution in [1.82, 2.24) is 4.57 Å². The van der Waals surface area contributed by atoms with E-state index in [1.807, 2.05) is 42.1 Å². The van der Waals surface area contributed by atoms with Gasteiger partial charge >= 0.3 is 0 Å². The molecule has 0 N–H and O–H groups in total. The molecular weight excluding hydrogens is 212 g/mol. The summed E-state index contributed by atoms with van der Waals surface area (Å²) in [5.41, 5.74) is 1.47. The van der Waals surface area contributed by atoms with Crippen molar-refractivity contribution in [2.75, 3.05) is 0 Å². The van der Waals surface area contributed by atoms with Gasteiger partial charge in [0.25, 0.3) is 0 Å². The number of fused-ring (bicyclic) bond motifs is 1. The van der Waals surface area contributed by atoms with E-state index in [9.17, 15) is 10.1 Å². The summed E-state index contributed by atoms with van der Waals surface area (Å²) in [6.07, 6.45) is 2.70. The molecule has 0 atom stereocenters. The summed E-state index contributed by atoms with van der Waals surface area (Å²) in [6.45, 7) is 0. The minimum absolute atomic E-state index is 0.178. The molecule has 1 fully saturated rings. The average molecular weight is 224 g/mol. The van der Waals surface area contributed by atoms with Crippen LogP contribution in [-0.4, -0.2) is 10.4 Å². The topological polar surface area (TPSA) is 45.8 Å². The van der Waals surface area contributed by atoms with Crippen molar-refractivity contribution in [2.24, 2.45) is 7.05 Å². The number of rotatable bonds is 1. The number of hydrogen-bond acceptors (Lipinski definition) is 2. The van der Waals surface area contributed by atoms with E-state index in [0.29, 0.717) is 12.8 Å². The van der Waals surface area contributed by atoms with Crippen LogP contribution in [0.2, 0.25) is 0 Å². The standard InChI is InChI=1S/C14H12N2O/c1-16-6-5-10-3-2-4-12(13(10)16)14(9-15)7-11(17)8-14/h2-6H,7-8H2,1H3. The zero-order valence-electron chi connectivity index (χ0n) is 9.60. The first-order valence-electron chi connectivity index (χ1n) is 5.64. The molecule has 0 saturated heterocycles. The van der Waals surface area contributed by atoms with E-state index in [4.69, 9.17) is 0 Å². The number of aryl methyl sites for hydroxylation is 1. The molecular formula is C14H12N2O. The number of hydrogen-bond donors (Lipinski definition) is 0. The Labute approximate surface area is 99.3 Å². The van der Waals surface area contributed by atoms with Crippen LogP contribution in [0.25, 0.3) is 10.9 Å². The molecule has 3 nitrogen and oxygen atoms in total. The summed E-state index contributed by atoms with van der Waals surface area (Å²) < 4.78 is 2.02. The third-order valence-corrected chi connectivity index (χ3v) is 3.63. The highest BCUT2D eigenvalue weighted by Crippen LogP contribution is 2.43. The number of carbonyl (C=O) groups is 1. The van der Waals surface area contributed by atoms with Crippen LogP contribution in [0.15, 0.2) is 30.5 Å². The van der Waals surface area contributed by atoms with Crippen LogP contribution < -0.4 is 0 Å². The Morgan fingerprint density at radius 2 is 2.12 bits per heavy atom. The lowest BCUT2D eigenvalue weighted by molar-refractivity contribution is -0.126. The van der Waals surface area contributed by atoms with Crippen molar-refractivity contribution in [3.05, 3.63) is 36.0 Å². The second-order valence-corrected chi connectivity index (χ2v) is 4.76. The zero-order chi connectivity index (χ0) is 12.0. The number of carbonyl (C=O) groups excluding carboxylic acids is 1. The maximum absolute atomic E-state index is 11.2. The third-order valence-electron chi connectivity index (χ3n) is 3.63. The lowest BCUT2D eigenvalue weighted by atomic mass is 9.64. The highest BCUT2D eigenvalue weighted by Gasteiger charge is 2.46. The highest BCUT2D eigenvalue weighted by molar-refractivity contribution is 5.94. The SMILES string of the molecule is Cn1ccc2cccc(C3(C#N)CC(=O)C3)c21. The molecule has 1 aliphatic carbocycles. The van der Waals surface area contributed by atoms with Gasteiger partial charge in [0.15, 0.2) is 0 Å². The summed E-state index contributed by atoms with van der Waals surface area (Å²) in [4.78, 5) is 11.2. The molecule has 0 spiro atoms. The number of nitrogens with zero attached hydrogens (tertiary/aromatic N) is 2. The van der Waals surface area contributed by atoms with Gasteiger partial charge in [-0.3, -0.25) is 4.79 Å². The van der Waals surface area contributed by atoms with Gasteiger partial charge in [-0.05, 0) is 17.0 Å². The Morgan fingerprint density at radius 1 is 1.35 bits per heavy atom. The number of benzene rings is 1. The molecule has 1 aliphatic rings.